The summed E-state index contributed by atoms with van der Waals surface area (Å²) in [6, 6.07) is 4.62. The van der Waals surface area contributed by atoms with Crippen molar-refractivity contribution >= 4 is 17.0 Å². The van der Waals surface area contributed by atoms with E-state index in [-0.39, 0.29) is 0 Å². The quantitative estimate of drug-likeness (QED) is 0.723. The Morgan fingerprint density at radius 3 is 2.81 bits per heavy atom. The van der Waals surface area contributed by atoms with E-state index in [0.29, 0.717) is 0 Å². The molecule has 16 heavy (non-hydrogen) atoms. The fourth-order valence-electron chi connectivity index (χ4n) is 2.61. The van der Waals surface area contributed by atoms with Gasteiger partial charge < -0.3 is 0 Å². The number of hydrogen-bond acceptors (Lipinski definition) is 1. The van der Waals surface area contributed by atoms with E-state index in [1.54, 1.807) is 0 Å². The van der Waals surface area contributed by atoms with Crippen LogP contribution in [0.3, 0.4) is 0 Å². The molecule has 0 amide bonds. The molecule has 0 atom stereocenters. The van der Waals surface area contributed by atoms with E-state index in [4.69, 9.17) is 0 Å². The molecule has 1 aromatic heterocycles. The first kappa shape index (κ1) is 9.70. The van der Waals surface area contributed by atoms with Gasteiger partial charge in [0.15, 0.2) is 0 Å². The third-order valence-corrected chi connectivity index (χ3v) is 3.62. The van der Waals surface area contributed by atoms with Crippen LogP contribution in [0.2, 0.25) is 0 Å². The van der Waals surface area contributed by atoms with E-state index >= 15 is 0 Å². The lowest BCUT2D eigenvalue weighted by atomic mass is 10.1. The van der Waals surface area contributed by atoms with Gasteiger partial charge in [-0.1, -0.05) is 0 Å². The van der Waals surface area contributed by atoms with Gasteiger partial charge in [0.2, 0.25) is 0 Å². The summed E-state index contributed by atoms with van der Waals surface area (Å²) in [6.07, 6.45) is 0. The molecule has 2 aromatic rings. The van der Waals surface area contributed by atoms with E-state index in [1.807, 2.05) is 0 Å². The van der Waals surface area contributed by atoms with Crippen LogP contribution >= 0.6 is 0 Å². The Labute approximate surface area is 95.7 Å². The van der Waals surface area contributed by atoms with Crippen LogP contribution in [-0.2, 0) is 13.1 Å². The number of aromatic nitrogens is 2. The number of benzene rings is 1. The maximum Gasteiger partial charge on any atom is 0.358 e. The number of fused-ring (bicyclic) bond motifs is 3. The van der Waals surface area contributed by atoms with Crippen molar-refractivity contribution in [3.63, 3.8) is 0 Å². The highest BCUT2D eigenvalue weighted by Gasteiger charge is 2.27. The zero-order valence-electron chi connectivity index (χ0n) is 10.2. The zero-order chi connectivity index (χ0) is 11.3. The van der Waals surface area contributed by atoms with Gasteiger partial charge in [0.25, 0.3) is 0 Å². The fraction of sp³-hybridized carbons (Fsp3) is 0.462. The Hall–Kier alpha value is -1.51. The van der Waals surface area contributed by atoms with Gasteiger partial charge in [-0.15, -0.1) is 0 Å². The molecule has 3 rings (SSSR count). The summed E-state index contributed by atoms with van der Waals surface area (Å²) >= 11 is 0. The standard InChI is InChI=1S/C13H17N3/c1-4-15-11-7-9(2)10(3)8-12(11)16-6-5-14-13(15)16/h7-8H,4-6H2,1-3H3/p+1. The molecule has 3 nitrogen and oxygen atoms in total. The number of imidazole rings is 1. The molecule has 3 heteroatoms. The van der Waals surface area contributed by atoms with Crippen molar-refractivity contribution < 1.29 is 4.57 Å². The molecule has 0 saturated heterocycles. The SMILES string of the molecule is CCn1c2[n+](c3cc(C)c(C)cc31)CCN2. The molecule has 0 bridgehead atoms. The zero-order valence-corrected chi connectivity index (χ0v) is 10.2. The highest BCUT2D eigenvalue weighted by molar-refractivity contribution is 5.76. The van der Waals surface area contributed by atoms with E-state index in [2.05, 4.69) is 47.4 Å². The third kappa shape index (κ3) is 1.11. The van der Waals surface area contributed by atoms with Crippen molar-refractivity contribution in [2.45, 2.75) is 33.9 Å². The second kappa shape index (κ2) is 3.24. The Bertz CT molecular complexity index is 545. The molecule has 0 aliphatic carbocycles. The van der Waals surface area contributed by atoms with Crippen molar-refractivity contribution in [3.05, 3.63) is 23.3 Å². The number of aryl methyl sites for hydroxylation is 3. The molecule has 1 aliphatic heterocycles. The minimum atomic E-state index is 1.02. The Morgan fingerprint density at radius 2 is 2.06 bits per heavy atom. The largest absolute Gasteiger partial charge is 0.358 e. The van der Waals surface area contributed by atoms with Crippen LogP contribution in [0.5, 0.6) is 0 Å². The minimum absolute atomic E-state index is 1.02. The number of nitrogens with zero attached hydrogens (tertiary/aromatic N) is 2. The number of hydrogen-bond donors (Lipinski definition) is 1. The molecule has 1 aromatic carbocycles. The summed E-state index contributed by atoms with van der Waals surface area (Å²) in [6.45, 7) is 9.74. The minimum Gasteiger partial charge on any atom is -0.274 e. The van der Waals surface area contributed by atoms with Crippen LogP contribution in [0.25, 0.3) is 11.0 Å². The summed E-state index contributed by atoms with van der Waals surface area (Å²) in [5.74, 6) is 1.27. The summed E-state index contributed by atoms with van der Waals surface area (Å²) in [4.78, 5) is 0. The first-order chi connectivity index (χ1) is 7.72. The van der Waals surface area contributed by atoms with E-state index in [9.17, 15) is 0 Å². The number of anilines is 1. The maximum absolute atomic E-state index is 3.47. The van der Waals surface area contributed by atoms with Crippen molar-refractivity contribution in [1.29, 1.82) is 0 Å². The average molecular weight is 216 g/mol. The van der Waals surface area contributed by atoms with Crippen molar-refractivity contribution in [3.8, 4) is 0 Å². The predicted molar refractivity (Wildman–Crippen MR) is 65.8 cm³/mol. The monoisotopic (exact) mass is 216 g/mol. The van der Waals surface area contributed by atoms with Gasteiger partial charge in [-0.3, -0.25) is 5.32 Å². The van der Waals surface area contributed by atoms with Crippen molar-refractivity contribution in [2.75, 3.05) is 11.9 Å². The van der Waals surface area contributed by atoms with Gasteiger partial charge in [-0.05, 0) is 44.0 Å². The van der Waals surface area contributed by atoms with Gasteiger partial charge in [0.1, 0.15) is 17.6 Å². The van der Waals surface area contributed by atoms with E-state index < -0.39 is 0 Å². The molecule has 0 saturated carbocycles. The van der Waals surface area contributed by atoms with Gasteiger partial charge in [-0.25, -0.2) is 9.13 Å². The van der Waals surface area contributed by atoms with Gasteiger partial charge in [-0.2, -0.15) is 0 Å². The maximum atomic E-state index is 3.47. The molecule has 0 fully saturated rings. The normalized spacial score (nSPS) is 14.2. The summed E-state index contributed by atoms with van der Waals surface area (Å²) in [7, 11) is 0. The van der Waals surface area contributed by atoms with Gasteiger partial charge in [0, 0.05) is 0 Å². The highest BCUT2D eigenvalue weighted by atomic mass is 15.3. The van der Waals surface area contributed by atoms with Gasteiger partial charge in [0.05, 0.1) is 13.1 Å². The molecule has 84 valence electrons. The smallest absolute Gasteiger partial charge is 0.274 e. The summed E-state index contributed by atoms with van der Waals surface area (Å²) in [5, 5.41) is 3.47. The molecule has 0 unspecified atom stereocenters. The Balaban J connectivity index is 2.42. The summed E-state index contributed by atoms with van der Waals surface area (Å²) in [5.41, 5.74) is 5.47. The Morgan fingerprint density at radius 1 is 1.31 bits per heavy atom. The van der Waals surface area contributed by atoms with Crippen LogP contribution < -0.4 is 9.88 Å². The molecule has 0 spiro atoms. The molecule has 2 heterocycles. The van der Waals surface area contributed by atoms with Gasteiger partial charge >= 0.3 is 5.95 Å². The van der Waals surface area contributed by atoms with Crippen LogP contribution in [0.4, 0.5) is 5.95 Å². The second-order valence-electron chi connectivity index (χ2n) is 4.57. The van der Waals surface area contributed by atoms with Crippen LogP contribution in [0, 0.1) is 13.8 Å². The lowest BCUT2D eigenvalue weighted by Crippen LogP contribution is -2.29. The average Bonchev–Trinajstić information content (AvgIpc) is 2.80. The Kier molecular flexibility index (Phi) is 1.96. The predicted octanol–water partition coefficient (Wildman–Crippen LogP) is 1.99. The first-order valence-electron chi connectivity index (χ1n) is 5.99. The molecular formula is C13H18N3+. The lowest BCUT2D eigenvalue weighted by Gasteiger charge is -2.01. The fourth-order valence-corrected chi connectivity index (χ4v) is 2.61. The lowest BCUT2D eigenvalue weighted by molar-refractivity contribution is -0.644. The molecular weight excluding hydrogens is 198 g/mol. The molecule has 0 radical (unpaired) electrons. The van der Waals surface area contributed by atoms with Crippen LogP contribution in [0.1, 0.15) is 18.1 Å². The highest BCUT2D eigenvalue weighted by Crippen LogP contribution is 2.23. The van der Waals surface area contributed by atoms with Crippen molar-refractivity contribution in [1.82, 2.24) is 4.57 Å². The first-order valence-corrected chi connectivity index (χ1v) is 5.99. The summed E-state index contributed by atoms with van der Waals surface area (Å²) < 4.78 is 4.76. The van der Waals surface area contributed by atoms with Crippen molar-refractivity contribution in [2.24, 2.45) is 0 Å². The number of nitrogens with one attached hydrogen (secondary N) is 1. The third-order valence-electron chi connectivity index (χ3n) is 3.62. The van der Waals surface area contributed by atoms with Crippen LogP contribution in [-0.4, -0.2) is 11.1 Å². The van der Waals surface area contributed by atoms with Crippen LogP contribution in [0.15, 0.2) is 12.1 Å². The molecule has 1 N–H and O–H groups in total. The van der Waals surface area contributed by atoms with E-state index in [1.165, 1.54) is 28.1 Å². The second-order valence-corrected chi connectivity index (χ2v) is 4.57. The number of rotatable bonds is 1. The van der Waals surface area contributed by atoms with E-state index in [0.717, 1.165) is 19.6 Å². The molecule has 1 aliphatic rings. The topological polar surface area (TPSA) is 20.8 Å².